The molecule has 0 aromatic heterocycles. The molecule has 1 atom stereocenters. The highest BCUT2D eigenvalue weighted by Crippen LogP contribution is 2.35. The molecule has 2 saturated heterocycles. The van der Waals surface area contributed by atoms with Crippen molar-refractivity contribution in [2.45, 2.75) is 18.6 Å². The van der Waals surface area contributed by atoms with E-state index in [4.69, 9.17) is 4.74 Å². The average molecular weight is 357 g/mol. The molecule has 5 nitrogen and oxygen atoms in total. The lowest BCUT2D eigenvalue weighted by molar-refractivity contribution is -0.140. The van der Waals surface area contributed by atoms with Crippen molar-refractivity contribution in [1.82, 2.24) is 15.1 Å². The Kier molecular flexibility index (Phi) is 5.48. The molecule has 2 heterocycles. The van der Waals surface area contributed by atoms with Crippen LogP contribution in [-0.2, 0) is 11.0 Å². The van der Waals surface area contributed by atoms with Gasteiger partial charge < -0.3 is 15.0 Å². The predicted octanol–water partition coefficient (Wildman–Crippen LogP) is 1.59. The van der Waals surface area contributed by atoms with Crippen molar-refractivity contribution in [3.05, 3.63) is 29.8 Å². The summed E-state index contributed by atoms with van der Waals surface area (Å²) in [5.41, 5.74) is -0.858. The minimum absolute atomic E-state index is 0.269. The van der Waals surface area contributed by atoms with Gasteiger partial charge in [-0.25, -0.2) is 0 Å². The second-order valence-electron chi connectivity index (χ2n) is 6.35. The molecule has 0 aliphatic carbocycles. The summed E-state index contributed by atoms with van der Waals surface area (Å²) in [6, 6.07) is 5.29. The Morgan fingerprint density at radius 3 is 2.64 bits per heavy atom. The number of hydrogen-bond donors (Lipinski definition) is 1. The number of para-hydroxylation sites is 1. The summed E-state index contributed by atoms with van der Waals surface area (Å²) in [6.45, 7) is 4.68. The summed E-state index contributed by atoms with van der Waals surface area (Å²) in [4.78, 5) is 16.3. The fraction of sp³-hybridized carbons (Fsp3) is 0.588. The molecule has 138 valence electrons. The van der Waals surface area contributed by atoms with Crippen LogP contribution in [0.4, 0.5) is 13.2 Å². The van der Waals surface area contributed by atoms with Crippen LogP contribution in [0.2, 0.25) is 0 Å². The van der Waals surface area contributed by atoms with Gasteiger partial charge in [0, 0.05) is 45.3 Å². The lowest BCUT2D eigenvalue weighted by Gasteiger charge is -2.32. The molecule has 2 fully saturated rings. The summed E-state index contributed by atoms with van der Waals surface area (Å²) in [5, 5.41) is 3.29. The quantitative estimate of drug-likeness (QED) is 0.889. The number of piperazine rings is 1. The van der Waals surface area contributed by atoms with Gasteiger partial charge in [-0.2, -0.15) is 13.2 Å². The number of alkyl halides is 3. The van der Waals surface area contributed by atoms with Gasteiger partial charge in [0.05, 0.1) is 5.56 Å². The summed E-state index contributed by atoms with van der Waals surface area (Å²) < 4.78 is 44.0. The monoisotopic (exact) mass is 357 g/mol. The summed E-state index contributed by atoms with van der Waals surface area (Å²) in [5.74, 6) is -0.573. The van der Waals surface area contributed by atoms with E-state index in [1.807, 2.05) is 0 Å². The van der Waals surface area contributed by atoms with E-state index in [0.29, 0.717) is 19.1 Å². The number of carbonyl (C=O) groups is 1. The highest BCUT2D eigenvalue weighted by atomic mass is 19.4. The molecule has 0 radical (unpaired) electrons. The number of ether oxygens (including phenoxy) is 1. The molecule has 2 aliphatic heterocycles. The number of carbonyl (C=O) groups excluding carboxylic acids is 1. The molecule has 0 bridgehead atoms. The highest BCUT2D eigenvalue weighted by Gasteiger charge is 2.35. The molecule has 25 heavy (non-hydrogen) atoms. The highest BCUT2D eigenvalue weighted by molar-refractivity contribution is 5.78. The van der Waals surface area contributed by atoms with E-state index in [-0.39, 0.29) is 18.3 Å². The summed E-state index contributed by atoms with van der Waals surface area (Å²) in [6.07, 6.45) is -3.61. The van der Waals surface area contributed by atoms with Crippen LogP contribution in [0.25, 0.3) is 0 Å². The van der Waals surface area contributed by atoms with Crippen molar-refractivity contribution in [1.29, 1.82) is 0 Å². The topological polar surface area (TPSA) is 44.8 Å². The number of nitrogens with one attached hydrogen (secondary N) is 1. The van der Waals surface area contributed by atoms with E-state index in [1.54, 1.807) is 4.90 Å². The van der Waals surface area contributed by atoms with Crippen molar-refractivity contribution < 1.29 is 22.7 Å². The maximum atomic E-state index is 12.9. The van der Waals surface area contributed by atoms with E-state index in [2.05, 4.69) is 10.2 Å². The lowest BCUT2D eigenvalue weighted by Crippen LogP contribution is -2.49. The third-order valence-electron chi connectivity index (χ3n) is 4.73. The smallest absolute Gasteiger partial charge is 0.419 e. The van der Waals surface area contributed by atoms with Gasteiger partial charge in [-0.1, -0.05) is 12.1 Å². The van der Waals surface area contributed by atoms with Gasteiger partial charge in [0.25, 0.3) is 5.91 Å². The molecular weight excluding hydrogens is 335 g/mol. The number of likely N-dealkylation sites (tertiary alicyclic amines) is 1. The second kappa shape index (κ2) is 7.61. The van der Waals surface area contributed by atoms with E-state index in [9.17, 15) is 18.0 Å². The predicted molar refractivity (Wildman–Crippen MR) is 86.4 cm³/mol. The van der Waals surface area contributed by atoms with Crippen LogP contribution in [0.1, 0.15) is 12.0 Å². The molecule has 1 amide bonds. The van der Waals surface area contributed by atoms with E-state index in [1.165, 1.54) is 18.2 Å². The van der Waals surface area contributed by atoms with Gasteiger partial charge in [0.2, 0.25) is 0 Å². The van der Waals surface area contributed by atoms with Crippen LogP contribution >= 0.6 is 0 Å². The Balaban J connectivity index is 1.54. The largest absolute Gasteiger partial charge is 0.483 e. The standard InChI is InChI=1S/C17H22F3N3O2/c18-17(19,20)14-3-1-2-4-15(14)25-12-16(24)23-8-5-13(11-23)22-9-6-21-7-10-22/h1-4,13,21H,5-12H2. The third-order valence-corrected chi connectivity index (χ3v) is 4.73. The molecule has 8 heteroatoms. The van der Waals surface area contributed by atoms with Gasteiger partial charge in [-0.3, -0.25) is 9.69 Å². The second-order valence-corrected chi connectivity index (χ2v) is 6.35. The Bertz CT molecular complexity index is 603. The Morgan fingerprint density at radius 1 is 1.20 bits per heavy atom. The van der Waals surface area contributed by atoms with Crippen molar-refractivity contribution in [3.63, 3.8) is 0 Å². The first-order chi connectivity index (χ1) is 11.9. The van der Waals surface area contributed by atoms with Crippen LogP contribution in [-0.4, -0.2) is 67.6 Å². The van der Waals surface area contributed by atoms with E-state index in [0.717, 1.165) is 38.7 Å². The van der Waals surface area contributed by atoms with Gasteiger partial charge in [0.1, 0.15) is 5.75 Å². The average Bonchev–Trinajstić information content (AvgIpc) is 3.10. The molecule has 1 unspecified atom stereocenters. The van der Waals surface area contributed by atoms with E-state index >= 15 is 0 Å². The van der Waals surface area contributed by atoms with Crippen molar-refractivity contribution >= 4 is 5.91 Å². The molecule has 2 aliphatic rings. The number of halogens is 3. The van der Waals surface area contributed by atoms with Crippen LogP contribution in [0.15, 0.2) is 24.3 Å². The minimum Gasteiger partial charge on any atom is -0.483 e. The fourth-order valence-corrected chi connectivity index (χ4v) is 3.37. The maximum Gasteiger partial charge on any atom is 0.419 e. The molecule has 0 spiro atoms. The molecule has 0 saturated carbocycles. The number of amides is 1. The fourth-order valence-electron chi connectivity index (χ4n) is 3.37. The SMILES string of the molecule is O=C(COc1ccccc1C(F)(F)F)N1CCC(N2CCNCC2)C1. The summed E-state index contributed by atoms with van der Waals surface area (Å²) >= 11 is 0. The number of nitrogens with zero attached hydrogens (tertiary/aromatic N) is 2. The number of hydrogen-bond acceptors (Lipinski definition) is 4. The van der Waals surface area contributed by atoms with Gasteiger partial charge in [0.15, 0.2) is 6.61 Å². The van der Waals surface area contributed by atoms with Crippen molar-refractivity contribution in [2.75, 3.05) is 45.9 Å². The number of rotatable bonds is 4. The third kappa shape index (κ3) is 4.43. The zero-order chi connectivity index (χ0) is 17.9. The maximum absolute atomic E-state index is 12.9. The van der Waals surface area contributed by atoms with Gasteiger partial charge >= 0.3 is 6.18 Å². The first kappa shape index (κ1) is 18.0. The van der Waals surface area contributed by atoms with Gasteiger partial charge in [-0.15, -0.1) is 0 Å². The normalized spacial score (nSPS) is 22.2. The van der Waals surface area contributed by atoms with Crippen LogP contribution in [0.5, 0.6) is 5.75 Å². The zero-order valence-corrected chi connectivity index (χ0v) is 13.9. The molecular formula is C17H22F3N3O2. The first-order valence-electron chi connectivity index (χ1n) is 8.47. The van der Waals surface area contributed by atoms with E-state index < -0.39 is 11.7 Å². The molecule has 1 aromatic rings. The minimum atomic E-state index is -4.50. The lowest BCUT2D eigenvalue weighted by atomic mass is 10.2. The van der Waals surface area contributed by atoms with Crippen molar-refractivity contribution in [3.8, 4) is 5.75 Å². The van der Waals surface area contributed by atoms with Crippen LogP contribution in [0.3, 0.4) is 0 Å². The Morgan fingerprint density at radius 2 is 1.92 bits per heavy atom. The van der Waals surface area contributed by atoms with Crippen molar-refractivity contribution in [2.24, 2.45) is 0 Å². The van der Waals surface area contributed by atoms with Crippen LogP contribution in [0, 0.1) is 0 Å². The zero-order valence-electron chi connectivity index (χ0n) is 13.9. The number of benzene rings is 1. The first-order valence-corrected chi connectivity index (χ1v) is 8.47. The molecule has 1 N–H and O–H groups in total. The molecule has 3 rings (SSSR count). The summed E-state index contributed by atoms with van der Waals surface area (Å²) in [7, 11) is 0. The Hall–Kier alpha value is -1.80. The van der Waals surface area contributed by atoms with Gasteiger partial charge in [-0.05, 0) is 18.6 Å². The van der Waals surface area contributed by atoms with Crippen LogP contribution < -0.4 is 10.1 Å². The Labute approximate surface area is 144 Å². The molecule has 1 aromatic carbocycles.